The van der Waals surface area contributed by atoms with E-state index >= 15 is 0 Å². The van der Waals surface area contributed by atoms with Crippen molar-refractivity contribution >= 4 is 17.5 Å². The maximum atomic E-state index is 12.7. The quantitative estimate of drug-likeness (QED) is 0.591. The molecular formula is C25H32NO3. The molecule has 0 aromatic heterocycles. The van der Waals surface area contributed by atoms with E-state index in [0.717, 1.165) is 25.7 Å². The molecule has 2 unspecified atom stereocenters. The fourth-order valence-corrected chi connectivity index (χ4v) is 3.61. The zero-order valence-corrected chi connectivity index (χ0v) is 18.0. The molecule has 0 saturated carbocycles. The molecule has 1 radical (unpaired) electrons. The number of Topliss-reactive ketones (excluding diaryl/α,β-unsaturated/α-hetero) is 1. The zero-order valence-electron chi connectivity index (χ0n) is 18.0. The molecule has 0 aromatic carbocycles. The van der Waals surface area contributed by atoms with E-state index in [9.17, 15) is 14.4 Å². The number of hydrogen-bond acceptors (Lipinski definition) is 3. The van der Waals surface area contributed by atoms with Crippen molar-refractivity contribution in [2.24, 2.45) is 11.8 Å². The Hall–Kier alpha value is -2.49. The van der Waals surface area contributed by atoms with E-state index in [0.29, 0.717) is 29.4 Å². The van der Waals surface area contributed by atoms with Gasteiger partial charge >= 0.3 is 0 Å². The summed E-state index contributed by atoms with van der Waals surface area (Å²) in [5.74, 6) is -0.0834. The third kappa shape index (κ3) is 7.45. The number of ketones is 2. The highest BCUT2D eigenvalue weighted by Crippen LogP contribution is 2.24. The molecule has 2 rings (SSSR count). The van der Waals surface area contributed by atoms with E-state index < -0.39 is 0 Å². The minimum atomic E-state index is -0.372. The summed E-state index contributed by atoms with van der Waals surface area (Å²) in [7, 11) is 0. The normalized spacial score (nSPS) is 30.3. The predicted octanol–water partition coefficient (Wildman–Crippen LogP) is 4.95. The molecular weight excluding hydrogens is 362 g/mol. The minimum Gasteiger partial charge on any atom is -0.319 e. The Morgan fingerprint density at radius 2 is 1.79 bits per heavy atom. The maximum Gasteiger partial charge on any atom is 0.251 e. The van der Waals surface area contributed by atoms with E-state index in [1.54, 1.807) is 13.0 Å². The topological polar surface area (TPSA) is 63.2 Å². The molecule has 29 heavy (non-hydrogen) atoms. The summed E-state index contributed by atoms with van der Waals surface area (Å²) in [6.45, 7) is 8.14. The number of carbonyl (C=O) groups is 3. The van der Waals surface area contributed by atoms with E-state index in [2.05, 4.69) is 38.6 Å². The molecule has 1 aliphatic carbocycles. The summed E-state index contributed by atoms with van der Waals surface area (Å²) >= 11 is 0. The molecule has 1 amide bonds. The average molecular weight is 395 g/mol. The minimum absolute atomic E-state index is 0.0705. The van der Waals surface area contributed by atoms with E-state index in [-0.39, 0.29) is 23.2 Å². The van der Waals surface area contributed by atoms with Crippen LogP contribution in [0, 0.1) is 18.3 Å². The molecule has 4 nitrogen and oxygen atoms in total. The van der Waals surface area contributed by atoms with Crippen LogP contribution in [0.3, 0.4) is 0 Å². The SMILES string of the molecule is C/C1=C/C(C)CCCC(C)CC2=CC(=O)C=C(NC(=O)/C(C)=C/C=C\C[CH]1)C2=O. The fourth-order valence-electron chi connectivity index (χ4n) is 3.61. The van der Waals surface area contributed by atoms with Gasteiger partial charge in [0.25, 0.3) is 5.91 Å². The Bertz CT molecular complexity index is 808. The summed E-state index contributed by atoms with van der Waals surface area (Å²) in [6.07, 6.45) is 17.2. The van der Waals surface area contributed by atoms with Gasteiger partial charge in [-0.25, -0.2) is 0 Å². The predicted molar refractivity (Wildman–Crippen MR) is 117 cm³/mol. The van der Waals surface area contributed by atoms with Crippen molar-refractivity contribution < 1.29 is 14.4 Å². The molecule has 4 heteroatoms. The van der Waals surface area contributed by atoms with Gasteiger partial charge in [-0.1, -0.05) is 56.6 Å². The van der Waals surface area contributed by atoms with Crippen LogP contribution in [0.2, 0.25) is 0 Å². The molecule has 0 fully saturated rings. The van der Waals surface area contributed by atoms with Gasteiger partial charge in [0, 0.05) is 17.2 Å². The molecule has 2 atom stereocenters. The lowest BCUT2D eigenvalue weighted by molar-refractivity contribution is -0.120. The first kappa shape index (κ1) is 22.8. The van der Waals surface area contributed by atoms with Crippen LogP contribution in [-0.2, 0) is 14.4 Å². The van der Waals surface area contributed by atoms with Crippen LogP contribution >= 0.6 is 0 Å². The summed E-state index contributed by atoms with van der Waals surface area (Å²) < 4.78 is 0. The van der Waals surface area contributed by atoms with Crippen LogP contribution in [0.5, 0.6) is 0 Å². The van der Waals surface area contributed by atoms with Crippen molar-refractivity contribution in [2.45, 2.75) is 59.8 Å². The molecule has 0 saturated heterocycles. The summed E-state index contributed by atoms with van der Waals surface area (Å²) in [4.78, 5) is 37.2. The van der Waals surface area contributed by atoms with Crippen molar-refractivity contribution in [1.29, 1.82) is 0 Å². The number of nitrogens with one attached hydrogen (secondary N) is 1. The summed E-state index contributed by atoms with van der Waals surface area (Å²) in [6, 6.07) is 0. The van der Waals surface area contributed by atoms with Crippen LogP contribution < -0.4 is 5.32 Å². The lowest BCUT2D eigenvalue weighted by Crippen LogP contribution is -2.31. The Balaban J connectivity index is 2.21. The Morgan fingerprint density at radius 3 is 2.55 bits per heavy atom. The monoisotopic (exact) mass is 394 g/mol. The molecule has 1 heterocycles. The van der Waals surface area contributed by atoms with Crippen molar-refractivity contribution in [3.63, 3.8) is 0 Å². The number of fused-ring (bicyclic) bond motifs is 2. The van der Waals surface area contributed by atoms with Crippen LogP contribution in [0.15, 0.2) is 58.9 Å². The van der Waals surface area contributed by atoms with Crippen molar-refractivity contribution in [3.05, 3.63) is 65.3 Å². The zero-order chi connectivity index (χ0) is 21.4. The molecule has 1 N–H and O–H groups in total. The van der Waals surface area contributed by atoms with Crippen LogP contribution in [0.1, 0.15) is 59.8 Å². The summed E-state index contributed by atoms with van der Waals surface area (Å²) in [5, 5.41) is 2.61. The molecule has 1 aliphatic heterocycles. The third-order valence-corrected chi connectivity index (χ3v) is 5.28. The van der Waals surface area contributed by atoms with E-state index in [1.165, 1.54) is 17.7 Å². The molecule has 2 bridgehead atoms. The second-order valence-corrected chi connectivity index (χ2v) is 8.26. The molecule has 2 aliphatic rings. The van der Waals surface area contributed by atoms with Gasteiger partial charge in [0.05, 0.1) is 5.70 Å². The van der Waals surface area contributed by atoms with Crippen LogP contribution in [0.4, 0.5) is 0 Å². The smallest absolute Gasteiger partial charge is 0.251 e. The number of carbonyl (C=O) groups excluding carboxylic acids is 3. The second kappa shape index (κ2) is 10.9. The number of hydrogen-bond donors (Lipinski definition) is 1. The largest absolute Gasteiger partial charge is 0.319 e. The van der Waals surface area contributed by atoms with Crippen LogP contribution in [-0.4, -0.2) is 17.5 Å². The number of rotatable bonds is 0. The highest BCUT2D eigenvalue weighted by atomic mass is 16.2. The molecule has 155 valence electrons. The van der Waals surface area contributed by atoms with Gasteiger partial charge in [0.2, 0.25) is 5.78 Å². The Kier molecular flexibility index (Phi) is 8.56. The van der Waals surface area contributed by atoms with Gasteiger partial charge in [-0.3, -0.25) is 14.4 Å². The first-order valence-electron chi connectivity index (χ1n) is 10.4. The molecule has 0 aromatic rings. The lowest BCUT2D eigenvalue weighted by atomic mass is 9.88. The van der Waals surface area contributed by atoms with Gasteiger partial charge < -0.3 is 5.32 Å². The van der Waals surface area contributed by atoms with Gasteiger partial charge in [0.1, 0.15) is 0 Å². The van der Waals surface area contributed by atoms with Gasteiger partial charge in [-0.2, -0.15) is 0 Å². The highest BCUT2D eigenvalue weighted by Gasteiger charge is 2.24. The van der Waals surface area contributed by atoms with Crippen molar-refractivity contribution in [1.82, 2.24) is 5.32 Å². The van der Waals surface area contributed by atoms with Crippen molar-refractivity contribution in [2.75, 3.05) is 0 Å². The van der Waals surface area contributed by atoms with Gasteiger partial charge in [-0.15, -0.1) is 0 Å². The van der Waals surface area contributed by atoms with E-state index in [4.69, 9.17) is 0 Å². The number of allylic oxidation sites excluding steroid dienone is 8. The third-order valence-electron chi connectivity index (χ3n) is 5.28. The second-order valence-electron chi connectivity index (χ2n) is 8.26. The number of amides is 1. The van der Waals surface area contributed by atoms with E-state index in [1.807, 2.05) is 12.2 Å². The Morgan fingerprint density at radius 1 is 1.03 bits per heavy atom. The van der Waals surface area contributed by atoms with Crippen LogP contribution in [0.25, 0.3) is 0 Å². The lowest BCUT2D eigenvalue weighted by Gasteiger charge is -2.18. The van der Waals surface area contributed by atoms with Gasteiger partial charge in [0.15, 0.2) is 5.78 Å². The highest BCUT2D eigenvalue weighted by molar-refractivity contribution is 6.21. The van der Waals surface area contributed by atoms with Gasteiger partial charge in [-0.05, 0) is 57.4 Å². The first-order valence-corrected chi connectivity index (χ1v) is 10.4. The standard InChI is InChI=1S/C25H32NO3/c1-17-9-6-5-7-12-20(4)25(29)26-23-16-22(27)15-21(24(23)28)14-19(3)11-8-10-18(2)13-17/h5,7,9,12-13,15-16,18-19H,6,8,10-11,14H2,1-4H3,(H,26,29)/b7-5-,17-13-,20-12+. The first-order chi connectivity index (χ1) is 13.8. The molecule has 0 spiro atoms. The van der Waals surface area contributed by atoms with Crippen molar-refractivity contribution in [3.8, 4) is 0 Å². The fraction of sp³-hybridized carbons (Fsp3) is 0.440. The Labute approximate surface area is 174 Å². The summed E-state index contributed by atoms with van der Waals surface area (Å²) in [5.41, 5.74) is 2.30. The maximum absolute atomic E-state index is 12.7. The average Bonchev–Trinajstić information content (AvgIpc) is 2.64.